The molecule has 3 N–H and O–H groups in total. The number of rotatable bonds is 6. The van der Waals surface area contributed by atoms with Gasteiger partial charge >= 0.3 is 0 Å². The van der Waals surface area contributed by atoms with Gasteiger partial charge < -0.3 is 15.5 Å². The zero-order valence-corrected chi connectivity index (χ0v) is 12.6. The van der Waals surface area contributed by atoms with Gasteiger partial charge in [0.15, 0.2) is 0 Å². The standard InChI is InChI=1S/C17H27NO2/c1-3-12(4-2)17(20)11-18-16-7-5-6-13-10-14(19)8-9-15(13)16/h8-10,12,16-20H,3-7,11H2,1-2H3. The monoisotopic (exact) mass is 277 g/mol. The first kappa shape index (κ1) is 15.3. The molecule has 0 saturated heterocycles. The molecule has 2 unspecified atom stereocenters. The van der Waals surface area contributed by atoms with Gasteiger partial charge in [-0.05, 0) is 48.4 Å². The predicted octanol–water partition coefficient (Wildman–Crippen LogP) is 3.16. The Morgan fingerprint density at radius 2 is 2.05 bits per heavy atom. The third kappa shape index (κ3) is 3.53. The van der Waals surface area contributed by atoms with E-state index < -0.39 is 0 Å². The van der Waals surface area contributed by atoms with Crippen LogP contribution in [0.25, 0.3) is 0 Å². The summed E-state index contributed by atoms with van der Waals surface area (Å²) >= 11 is 0. The molecule has 1 aliphatic rings. The Balaban J connectivity index is 1.98. The molecule has 0 fully saturated rings. The van der Waals surface area contributed by atoms with Crippen molar-refractivity contribution < 1.29 is 10.2 Å². The number of nitrogens with one attached hydrogen (secondary N) is 1. The lowest BCUT2D eigenvalue weighted by Gasteiger charge is -2.29. The van der Waals surface area contributed by atoms with Crippen molar-refractivity contribution >= 4 is 0 Å². The summed E-state index contributed by atoms with van der Waals surface area (Å²) in [5.74, 6) is 0.729. The Labute approximate surface area is 122 Å². The highest BCUT2D eigenvalue weighted by atomic mass is 16.3. The van der Waals surface area contributed by atoms with E-state index in [4.69, 9.17) is 0 Å². The Morgan fingerprint density at radius 1 is 1.30 bits per heavy atom. The molecule has 3 heteroatoms. The van der Waals surface area contributed by atoms with Crippen LogP contribution in [0.3, 0.4) is 0 Å². The van der Waals surface area contributed by atoms with Crippen LogP contribution in [-0.2, 0) is 6.42 Å². The van der Waals surface area contributed by atoms with E-state index in [1.807, 2.05) is 12.1 Å². The molecule has 0 aliphatic heterocycles. The Kier molecular flexibility index (Phi) is 5.44. The van der Waals surface area contributed by atoms with Gasteiger partial charge in [-0.1, -0.05) is 32.8 Å². The van der Waals surface area contributed by atoms with Crippen molar-refractivity contribution in [3.05, 3.63) is 29.3 Å². The van der Waals surface area contributed by atoms with Crippen molar-refractivity contribution in [2.45, 2.75) is 58.1 Å². The van der Waals surface area contributed by atoms with E-state index in [-0.39, 0.29) is 6.10 Å². The smallest absolute Gasteiger partial charge is 0.115 e. The van der Waals surface area contributed by atoms with Gasteiger partial charge in [0.2, 0.25) is 0 Å². The van der Waals surface area contributed by atoms with Crippen molar-refractivity contribution in [3.63, 3.8) is 0 Å². The lowest BCUT2D eigenvalue weighted by molar-refractivity contribution is 0.0974. The fourth-order valence-electron chi connectivity index (χ4n) is 3.28. The van der Waals surface area contributed by atoms with Crippen LogP contribution in [0.5, 0.6) is 5.75 Å². The molecule has 1 aromatic carbocycles. The van der Waals surface area contributed by atoms with Crippen LogP contribution < -0.4 is 5.32 Å². The number of benzene rings is 1. The van der Waals surface area contributed by atoms with Gasteiger partial charge in [0.25, 0.3) is 0 Å². The minimum Gasteiger partial charge on any atom is -0.508 e. The van der Waals surface area contributed by atoms with E-state index in [1.54, 1.807) is 6.07 Å². The number of hydrogen-bond donors (Lipinski definition) is 3. The van der Waals surface area contributed by atoms with Crippen molar-refractivity contribution in [1.29, 1.82) is 0 Å². The highest BCUT2D eigenvalue weighted by Crippen LogP contribution is 2.32. The third-order valence-corrected chi connectivity index (χ3v) is 4.61. The number of aliphatic hydroxyl groups excluding tert-OH is 1. The molecule has 0 spiro atoms. The average Bonchev–Trinajstić information content (AvgIpc) is 2.45. The maximum absolute atomic E-state index is 10.2. The van der Waals surface area contributed by atoms with E-state index in [0.29, 0.717) is 24.3 Å². The van der Waals surface area contributed by atoms with Gasteiger partial charge in [-0.3, -0.25) is 0 Å². The van der Waals surface area contributed by atoms with Crippen LogP contribution in [0.4, 0.5) is 0 Å². The van der Waals surface area contributed by atoms with Gasteiger partial charge in [-0.25, -0.2) is 0 Å². The molecule has 1 aromatic rings. The first-order chi connectivity index (χ1) is 9.65. The molecule has 0 aromatic heterocycles. The zero-order valence-electron chi connectivity index (χ0n) is 12.6. The Morgan fingerprint density at radius 3 is 2.75 bits per heavy atom. The second kappa shape index (κ2) is 7.09. The predicted molar refractivity (Wildman–Crippen MR) is 81.9 cm³/mol. The normalized spacial score (nSPS) is 19.9. The van der Waals surface area contributed by atoms with Crippen LogP contribution in [0.1, 0.15) is 56.7 Å². The van der Waals surface area contributed by atoms with Gasteiger partial charge in [0.05, 0.1) is 6.10 Å². The zero-order chi connectivity index (χ0) is 14.5. The summed E-state index contributed by atoms with van der Waals surface area (Å²) in [6, 6.07) is 5.96. The fraction of sp³-hybridized carbons (Fsp3) is 0.647. The van der Waals surface area contributed by atoms with E-state index in [2.05, 4.69) is 19.2 Å². The van der Waals surface area contributed by atoms with Crippen LogP contribution in [0.2, 0.25) is 0 Å². The number of hydrogen-bond acceptors (Lipinski definition) is 3. The molecule has 0 amide bonds. The van der Waals surface area contributed by atoms with Crippen LogP contribution in [0, 0.1) is 5.92 Å². The van der Waals surface area contributed by atoms with E-state index in [9.17, 15) is 10.2 Å². The molecule has 0 saturated carbocycles. The largest absolute Gasteiger partial charge is 0.508 e. The van der Waals surface area contributed by atoms with Crippen molar-refractivity contribution in [2.24, 2.45) is 5.92 Å². The van der Waals surface area contributed by atoms with E-state index in [0.717, 1.165) is 32.1 Å². The van der Waals surface area contributed by atoms with Gasteiger partial charge in [0.1, 0.15) is 5.75 Å². The summed E-state index contributed by atoms with van der Waals surface area (Å²) in [5.41, 5.74) is 2.52. The topological polar surface area (TPSA) is 52.5 Å². The van der Waals surface area contributed by atoms with Crippen molar-refractivity contribution in [3.8, 4) is 5.75 Å². The molecule has 20 heavy (non-hydrogen) atoms. The number of phenolic OH excluding ortho intramolecular Hbond substituents is 1. The van der Waals surface area contributed by atoms with Crippen LogP contribution in [-0.4, -0.2) is 22.9 Å². The maximum Gasteiger partial charge on any atom is 0.115 e. The number of aryl methyl sites for hydroxylation is 1. The first-order valence-electron chi connectivity index (χ1n) is 7.88. The summed E-state index contributed by atoms with van der Waals surface area (Å²) in [7, 11) is 0. The summed E-state index contributed by atoms with van der Waals surface area (Å²) in [4.78, 5) is 0. The number of phenols is 1. The Hall–Kier alpha value is -1.06. The minimum absolute atomic E-state index is 0.271. The fourth-order valence-corrected chi connectivity index (χ4v) is 3.28. The van der Waals surface area contributed by atoms with Crippen LogP contribution in [0.15, 0.2) is 18.2 Å². The minimum atomic E-state index is -0.271. The molecular formula is C17H27NO2. The summed E-state index contributed by atoms with van der Waals surface area (Å²) < 4.78 is 0. The van der Waals surface area contributed by atoms with E-state index >= 15 is 0 Å². The van der Waals surface area contributed by atoms with Crippen molar-refractivity contribution in [1.82, 2.24) is 5.32 Å². The lowest BCUT2D eigenvalue weighted by Crippen LogP contribution is -2.36. The molecule has 1 aliphatic carbocycles. The van der Waals surface area contributed by atoms with Crippen LogP contribution >= 0.6 is 0 Å². The van der Waals surface area contributed by atoms with Crippen molar-refractivity contribution in [2.75, 3.05) is 6.54 Å². The second-order valence-electron chi connectivity index (χ2n) is 5.88. The molecule has 0 bridgehead atoms. The van der Waals surface area contributed by atoms with Gasteiger partial charge in [0, 0.05) is 12.6 Å². The lowest BCUT2D eigenvalue weighted by atomic mass is 9.87. The highest BCUT2D eigenvalue weighted by Gasteiger charge is 2.22. The summed E-state index contributed by atoms with van der Waals surface area (Å²) in [6.07, 6.45) is 5.05. The SMILES string of the molecule is CCC(CC)C(O)CNC1CCCc2cc(O)ccc21. The third-order valence-electron chi connectivity index (χ3n) is 4.61. The molecule has 2 rings (SSSR count). The molecule has 0 heterocycles. The van der Waals surface area contributed by atoms with E-state index in [1.165, 1.54) is 11.1 Å². The highest BCUT2D eigenvalue weighted by molar-refractivity contribution is 5.38. The quantitative estimate of drug-likeness (QED) is 0.748. The molecule has 112 valence electrons. The molecular weight excluding hydrogens is 250 g/mol. The van der Waals surface area contributed by atoms with Gasteiger partial charge in [-0.2, -0.15) is 0 Å². The number of aliphatic hydroxyl groups is 1. The number of aromatic hydroxyl groups is 1. The van der Waals surface area contributed by atoms with Gasteiger partial charge in [-0.15, -0.1) is 0 Å². The second-order valence-corrected chi connectivity index (χ2v) is 5.88. The Bertz CT molecular complexity index is 429. The molecule has 2 atom stereocenters. The maximum atomic E-state index is 10.2. The summed E-state index contributed by atoms with van der Waals surface area (Å²) in [6.45, 7) is 4.92. The average molecular weight is 277 g/mol. The number of fused-ring (bicyclic) bond motifs is 1. The first-order valence-corrected chi connectivity index (χ1v) is 7.88. The molecule has 0 radical (unpaired) electrons. The summed E-state index contributed by atoms with van der Waals surface area (Å²) in [5, 5.41) is 23.3. The molecule has 3 nitrogen and oxygen atoms in total.